The summed E-state index contributed by atoms with van der Waals surface area (Å²) in [5, 5.41) is 0. The van der Waals surface area contributed by atoms with Gasteiger partial charge in [-0.3, -0.25) is 4.79 Å². The number of rotatable bonds is 7. The second-order valence-corrected chi connectivity index (χ2v) is 11.8. The molecule has 1 aliphatic heterocycles. The van der Waals surface area contributed by atoms with E-state index in [4.69, 9.17) is 0 Å². The predicted molar refractivity (Wildman–Crippen MR) is 119 cm³/mol. The van der Waals surface area contributed by atoms with Crippen molar-refractivity contribution in [1.29, 1.82) is 0 Å². The van der Waals surface area contributed by atoms with Gasteiger partial charge in [-0.1, -0.05) is 30.3 Å². The number of sulfonamides is 1. The van der Waals surface area contributed by atoms with E-state index < -0.39 is 37.9 Å². The Morgan fingerprint density at radius 1 is 1.10 bits per heavy atom. The number of aryl methyl sites for hydroxylation is 2. The first-order valence-electron chi connectivity index (χ1n) is 10.2. The van der Waals surface area contributed by atoms with E-state index in [1.807, 2.05) is 6.07 Å². The lowest BCUT2D eigenvalue weighted by atomic mass is 10.2. The zero-order valence-corrected chi connectivity index (χ0v) is 19.5. The van der Waals surface area contributed by atoms with Crippen molar-refractivity contribution in [3.8, 4) is 0 Å². The van der Waals surface area contributed by atoms with E-state index in [1.165, 1.54) is 24.0 Å². The van der Waals surface area contributed by atoms with Gasteiger partial charge in [-0.25, -0.2) is 16.8 Å². The van der Waals surface area contributed by atoms with Gasteiger partial charge >= 0.3 is 0 Å². The monoisotopic (exact) mass is 464 g/mol. The Labute approximate surface area is 184 Å². The molecule has 1 amide bonds. The van der Waals surface area contributed by atoms with Crippen molar-refractivity contribution in [1.82, 2.24) is 9.62 Å². The molecule has 0 spiro atoms. The summed E-state index contributed by atoms with van der Waals surface area (Å²) in [5.74, 6) is -0.598. The minimum atomic E-state index is -3.90. The van der Waals surface area contributed by atoms with Crippen LogP contribution in [0.5, 0.6) is 0 Å². The summed E-state index contributed by atoms with van der Waals surface area (Å²) < 4.78 is 53.7. The molecule has 2 unspecified atom stereocenters. The highest BCUT2D eigenvalue weighted by Gasteiger charge is 2.36. The van der Waals surface area contributed by atoms with Crippen molar-refractivity contribution in [3.05, 3.63) is 59.7 Å². The van der Waals surface area contributed by atoms with Crippen molar-refractivity contribution in [2.24, 2.45) is 0 Å². The van der Waals surface area contributed by atoms with Gasteiger partial charge in [0.05, 0.1) is 21.6 Å². The van der Waals surface area contributed by atoms with Crippen LogP contribution in [0, 0.1) is 13.8 Å². The predicted octanol–water partition coefficient (Wildman–Crippen LogP) is 2.44. The molecule has 2 aromatic carbocycles. The van der Waals surface area contributed by atoms with Gasteiger partial charge < -0.3 is 4.90 Å². The number of nitrogens with one attached hydrogen (secondary N) is 1. The molecule has 3 rings (SSSR count). The summed E-state index contributed by atoms with van der Waals surface area (Å²) in [6, 6.07) is 11.8. The number of sulfone groups is 1. The molecular weight excluding hydrogens is 436 g/mol. The number of likely N-dealkylation sites (tertiary alicyclic amines) is 1. The minimum Gasteiger partial charge on any atom is -0.337 e. The van der Waals surface area contributed by atoms with Gasteiger partial charge in [-0.2, -0.15) is 4.72 Å². The quantitative estimate of drug-likeness (QED) is 0.678. The number of carbonyl (C=O) groups excluding carboxylic acids is 1. The Kier molecular flexibility index (Phi) is 6.88. The average Bonchev–Trinajstić information content (AvgIpc) is 3.16. The molecule has 31 heavy (non-hydrogen) atoms. The molecule has 1 saturated heterocycles. The van der Waals surface area contributed by atoms with E-state index >= 15 is 0 Å². The van der Waals surface area contributed by atoms with Gasteiger partial charge in [0.15, 0.2) is 9.84 Å². The fraction of sp³-hybridized carbons (Fsp3) is 0.409. The zero-order valence-electron chi connectivity index (χ0n) is 17.9. The maximum Gasteiger partial charge on any atom is 0.241 e. The third-order valence-corrected chi connectivity index (χ3v) is 9.01. The standard InChI is InChI=1S/C22H28N2O5S2/c1-16-11-12-17(2)21(14-16)31(28,29)23-18(3)22(25)24-13-7-8-19(24)15-30(26,27)20-9-5-4-6-10-20/h4-6,9-12,14,18-19,23H,7-8,13,15H2,1-3H3. The summed E-state index contributed by atoms with van der Waals surface area (Å²) in [6.07, 6.45) is 1.24. The molecular formula is C22H28N2O5S2. The molecule has 0 aromatic heterocycles. The van der Waals surface area contributed by atoms with Gasteiger partial charge in [0.2, 0.25) is 15.9 Å². The number of carbonyl (C=O) groups is 1. The van der Waals surface area contributed by atoms with Crippen molar-refractivity contribution in [2.75, 3.05) is 12.3 Å². The van der Waals surface area contributed by atoms with Crippen molar-refractivity contribution in [3.63, 3.8) is 0 Å². The lowest BCUT2D eigenvalue weighted by molar-refractivity contribution is -0.133. The van der Waals surface area contributed by atoms with Crippen LogP contribution in [0.25, 0.3) is 0 Å². The Morgan fingerprint density at radius 3 is 2.45 bits per heavy atom. The molecule has 7 nitrogen and oxygen atoms in total. The van der Waals surface area contributed by atoms with E-state index in [0.29, 0.717) is 24.9 Å². The molecule has 1 heterocycles. The fourth-order valence-corrected chi connectivity index (χ4v) is 7.01. The molecule has 0 radical (unpaired) electrons. The van der Waals surface area contributed by atoms with Crippen LogP contribution in [0.2, 0.25) is 0 Å². The van der Waals surface area contributed by atoms with Gasteiger partial charge in [-0.15, -0.1) is 0 Å². The summed E-state index contributed by atoms with van der Waals surface area (Å²) >= 11 is 0. The summed E-state index contributed by atoms with van der Waals surface area (Å²) in [6.45, 7) is 5.40. The highest BCUT2D eigenvalue weighted by atomic mass is 32.2. The van der Waals surface area contributed by atoms with Gasteiger partial charge in [0, 0.05) is 12.6 Å². The number of nitrogens with zero attached hydrogens (tertiary/aromatic N) is 1. The van der Waals surface area contributed by atoms with Crippen LogP contribution in [0.3, 0.4) is 0 Å². The van der Waals surface area contributed by atoms with E-state index in [9.17, 15) is 21.6 Å². The minimum absolute atomic E-state index is 0.136. The number of hydrogen-bond acceptors (Lipinski definition) is 5. The maximum absolute atomic E-state index is 13.0. The molecule has 9 heteroatoms. The van der Waals surface area contributed by atoms with Crippen LogP contribution in [0.1, 0.15) is 30.9 Å². The number of hydrogen-bond donors (Lipinski definition) is 1. The lowest BCUT2D eigenvalue weighted by Crippen LogP contribution is -2.49. The van der Waals surface area contributed by atoms with E-state index in [1.54, 1.807) is 44.2 Å². The smallest absolute Gasteiger partial charge is 0.241 e. The number of amides is 1. The number of benzene rings is 2. The molecule has 168 valence electrons. The Morgan fingerprint density at radius 2 is 1.77 bits per heavy atom. The third kappa shape index (κ3) is 5.34. The Bertz CT molecular complexity index is 1160. The Balaban J connectivity index is 1.74. The molecule has 1 aliphatic rings. The maximum atomic E-state index is 13.0. The van der Waals surface area contributed by atoms with Crippen molar-refractivity contribution >= 4 is 25.8 Å². The first-order valence-corrected chi connectivity index (χ1v) is 13.3. The normalized spacial score (nSPS) is 18.2. The SMILES string of the molecule is Cc1ccc(C)c(S(=O)(=O)NC(C)C(=O)N2CCCC2CS(=O)(=O)c2ccccc2)c1. The van der Waals surface area contributed by atoms with Crippen LogP contribution >= 0.6 is 0 Å². The summed E-state index contributed by atoms with van der Waals surface area (Å²) in [7, 11) is -7.46. The van der Waals surface area contributed by atoms with Gasteiger partial charge in [0.1, 0.15) is 0 Å². The van der Waals surface area contributed by atoms with Gasteiger partial charge in [-0.05, 0) is 62.9 Å². The van der Waals surface area contributed by atoms with Crippen molar-refractivity contribution < 1.29 is 21.6 Å². The largest absolute Gasteiger partial charge is 0.337 e. The molecule has 0 aliphatic carbocycles. The zero-order chi connectivity index (χ0) is 22.8. The topological polar surface area (TPSA) is 101 Å². The molecule has 1 fully saturated rings. The highest BCUT2D eigenvalue weighted by molar-refractivity contribution is 7.91. The third-order valence-electron chi connectivity index (χ3n) is 5.51. The lowest BCUT2D eigenvalue weighted by Gasteiger charge is -2.28. The van der Waals surface area contributed by atoms with Crippen LogP contribution in [-0.2, 0) is 24.7 Å². The van der Waals surface area contributed by atoms with Crippen LogP contribution in [0.15, 0.2) is 58.3 Å². The molecule has 0 saturated carbocycles. The first-order chi connectivity index (χ1) is 14.5. The fourth-order valence-electron chi connectivity index (χ4n) is 3.87. The van der Waals surface area contributed by atoms with Crippen LogP contribution in [0.4, 0.5) is 0 Å². The van der Waals surface area contributed by atoms with Crippen LogP contribution in [-0.4, -0.2) is 52.0 Å². The van der Waals surface area contributed by atoms with E-state index in [0.717, 1.165) is 5.56 Å². The second-order valence-electron chi connectivity index (χ2n) is 8.03. The first kappa shape index (κ1) is 23.4. The average molecular weight is 465 g/mol. The highest BCUT2D eigenvalue weighted by Crippen LogP contribution is 2.24. The second kappa shape index (κ2) is 9.10. The summed E-state index contributed by atoms with van der Waals surface area (Å²) in [5.41, 5.74) is 1.39. The molecule has 0 bridgehead atoms. The van der Waals surface area contributed by atoms with Crippen molar-refractivity contribution in [2.45, 2.75) is 55.5 Å². The van der Waals surface area contributed by atoms with Gasteiger partial charge in [0.25, 0.3) is 0 Å². The molecule has 1 N–H and O–H groups in total. The summed E-state index contributed by atoms with van der Waals surface area (Å²) in [4.78, 5) is 14.9. The van der Waals surface area contributed by atoms with E-state index in [-0.39, 0.29) is 15.5 Å². The van der Waals surface area contributed by atoms with E-state index in [2.05, 4.69) is 4.72 Å². The van der Waals surface area contributed by atoms with Crippen LogP contribution < -0.4 is 4.72 Å². The Hall–Kier alpha value is -2.23. The molecule has 2 atom stereocenters. The molecule has 2 aromatic rings.